The summed E-state index contributed by atoms with van der Waals surface area (Å²) in [6, 6.07) is 8.83. The Kier molecular flexibility index (Phi) is 3.99. The van der Waals surface area contributed by atoms with Crippen molar-refractivity contribution in [3.8, 4) is 0 Å². The van der Waals surface area contributed by atoms with Gasteiger partial charge in [0.2, 0.25) is 0 Å². The lowest BCUT2D eigenvalue weighted by Crippen LogP contribution is -2.12. The zero-order chi connectivity index (χ0) is 13.1. The molecule has 5 heteroatoms. The van der Waals surface area contributed by atoms with E-state index in [4.69, 9.17) is 11.6 Å². The number of pyridine rings is 1. The van der Waals surface area contributed by atoms with Crippen molar-refractivity contribution >= 4 is 39.1 Å². The molecule has 0 fully saturated rings. The van der Waals surface area contributed by atoms with Gasteiger partial charge in [-0.25, -0.2) is 4.98 Å². The smallest absolute Gasteiger partial charge is 0.255 e. The van der Waals surface area contributed by atoms with Crippen molar-refractivity contribution in [2.45, 2.75) is 6.92 Å². The van der Waals surface area contributed by atoms with E-state index < -0.39 is 0 Å². The van der Waals surface area contributed by atoms with Crippen molar-refractivity contribution in [1.82, 2.24) is 4.98 Å². The van der Waals surface area contributed by atoms with Crippen LogP contribution in [0.2, 0.25) is 5.15 Å². The number of nitrogens with zero attached hydrogens (tertiary/aromatic N) is 1. The van der Waals surface area contributed by atoms with Crippen LogP contribution in [0.4, 0.5) is 5.69 Å². The molecule has 1 N–H and O–H groups in total. The maximum Gasteiger partial charge on any atom is 0.255 e. The number of halogens is 2. The van der Waals surface area contributed by atoms with Crippen LogP contribution in [0, 0.1) is 6.92 Å². The van der Waals surface area contributed by atoms with Crippen LogP contribution >= 0.6 is 27.5 Å². The normalized spacial score (nSPS) is 10.2. The van der Waals surface area contributed by atoms with Gasteiger partial charge in [-0.3, -0.25) is 4.79 Å². The lowest BCUT2D eigenvalue weighted by atomic mass is 10.1. The number of carbonyl (C=O) groups excluding carboxylic acids is 1. The third kappa shape index (κ3) is 2.89. The number of amides is 1. The van der Waals surface area contributed by atoms with Crippen molar-refractivity contribution in [2.24, 2.45) is 0 Å². The van der Waals surface area contributed by atoms with Gasteiger partial charge in [-0.1, -0.05) is 33.6 Å². The molecule has 18 heavy (non-hydrogen) atoms. The second-order valence-corrected chi connectivity index (χ2v) is 4.97. The fourth-order valence-corrected chi connectivity index (χ4v) is 1.95. The van der Waals surface area contributed by atoms with E-state index in [1.807, 2.05) is 13.0 Å². The van der Waals surface area contributed by atoms with Crippen LogP contribution in [0.1, 0.15) is 15.9 Å². The SMILES string of the molecule is Cc1ccc(C(=O)Nc2cccnc2Cl)cc1Br. The first-order valence-corrected chi connectivity index (χ1v) is 6.43. The molecular formula is C13H10BrClN2O. The van der Waals surface area contributed by atoms with Gasteiger partial charge in [0, 0.05) is 16.2 Å². The lowest BCUT2D eigenvalue weighted by molar-refractivity contribution is 0.102. The average Bonchev–Trinajstić information content (AvgIpc) is 2.35. The number of hydrogen-bond donors (Lipinski definition) is 1. The molecule has 3 nitrogen and oxygen atoms in total. The molecule has 0 radical (unpaired) electrons. The van der Waals surface area contributed by atoms with Crippen LogP contribution in [0.15, 0.2) is 41.0 Å². The maximum absolute atomic E-state index is 12.0. The molecule has 0 aliphatic rings. The molecule has 0 saturated heterocycles. The first-order valence-electron chi connectivity index (χ1n) is 5.26. The van der Waals surface area contributed by atoms with E-state index >= 15 is 0 Å². The molecule has 92 valence electrons. The second-order valence-electron chi connectivity index (χ2n) is 3.76. The van der Waals surface area contributed by atoms with Crippen molar-refractivity contribution in [3.63, 3.8) is 0 Å². The number of rotatable bonds is 2. The number of hydrogen-bond acceptors (Lipinski definition) is 2. The fraction of sp³-hybridized carbons (Fsp3) is 0.0769. The quantitative estimate of drug-likeness (QED) is 0.846. The summed E-state index contributed by atoms with van der Waals surface area (Å²) in [5.74, 6) is -0.217. The Hall–Kier alpha value is -1.39. The Labute approximate surface area is 118 Å². The van der Waals surface area contributed by atoms with Crippen LogP contribution in [-0.4, -0.2) is 10.9 Å². The summed E-state index contributed by atoms with van der Waals surface area (Å²) in [5.41, 5.74) is 2.14. The number of aryl methyl sites for hydroxylation is 1. The van der Waals surface area contributed by atoms with E-state index in [0.717, 1.165) is 10.0 Å². The molecule has 1 aromatic carbocycles. The maximum atomic E-state index is 12.0. The van der Waals surface area contributed by atoms with E-state index in [2.05, 4.69) is 26.2 Å². The molecule has 0 aliphatic carbocycles. The summed E-state index contributed by atoms with van der Waals surface area (Å²) in [5, 5.41) is 2.99. The molecule has 2 aromatic rings. The number of anilines is 1. The van der Waals surface area contributed by atoms with E-state index in [-0.39, 0.29) is 11.1 Å². The Balaban J connectivity index is 2.22. The molecule has 0 spiro atoms. The zero-order valence-electron chi connectivity index (χ0n) is 9.58. The van der Waals surface area contributed by atoms with Gasteiger partial charge >= 0.3 is 0 Å². The minimum absolute atomic E-state index is 0.217. The van der Waals surface area contributed by atoms with E-state index in [9.17, 15) is 4.79 Å². The molecule has 2 rings (SSSR count). The summed E-state index contributed by atoms with van der Waals surface area (Å²) >= 11 is 9.27. The van der Waals surface area contributed by atoms with Crippen molar-refractivity contribution in [2.75, 3.05) is 5.32 Å². The Morgan fingerprint density at radius 2 is 2.17 bits per heavy atom. The Morgan fingerprint density at radius 3 is 2.83 bits per heavy atom. The molecular weight excluding hydrogens is 316 g/mol. The van der Waals surface area contributed by atoms with Gasteiger partial charge in [-0.05, 0) is 36.8 Å². The zero-order valence-corrected chi connectivity index (χ0v) is 11.9. The number of benzene rings is 1. The molecule has 0 atom stereocenters. The van der Waals surface area contributed by atoms with Gasteiger partial charge in [-0.2, -0.15) is 0 Å². The standard InChI is InChI=1S/C13H10BrClN2O/c1-8-4-5-9(7-10(8)14)13(18)17-11-3-2-6-16-12(11)15/h2-7H,1H3,(H,17,18). The summed E-state index contributed by atoms with van der Waals surface area (Å²) in [7, 11) is 0. The summed E-state index contributed by atoms with van der Waals surface area (Å²) in [4.78, 5) is 15.9. The van der Waals surface area contributed by atoms with Crippen LogP contribution < -0.4 is 5.32 Å². The Bertz CT molecular complexity index is 601. The van der Waals surface area contributed by atoms with Gasteiger partial charge in [0.1, 0.15) is 0 Å². The largest absolute Gasteiger partial charge is 0.319 e. The number of aromatic nitrogens is 1. The van der Waals surface area contributed by atoms with E-state index in [1.165, 1.54) is 0 Å². The third-order valence-electron chi connectivity index (χ3n) is 2.44. The molecule has 1 aromatic heterocycles. The first kappa shape index (κ1) is 13.1. The van der Waals surface area contributed by atoms with Crippen molar-refractivity contribution in [3.05, 3.63) is 57.3 Å². The summed E-state index contributed by atoms with van der Waals surface area (Å²) in [6.07, 6.45) is 1.57. The lowest BCUT2D eigenvalue weighted by Gasteiger charge is -2.07. The minimum atomic E-state index is -0.217. The Morgan fingerprint density at radius 1 is 1.39 bits per heavy atom. The summed E-state index contributed by atoms with van der Waals surface area (Å²) < 4.78 is 0.896. The third-order valence-corrected chi connectivity index (χ3v) is 3.60. The van der Waals surface area contributed by atoms with Gasteiger partial charge in [0.05, 0.1) is 5.69 Å². The average molecular weight is 326 g/mol. The highest BCUT2D eigenvalue weighted by Gasteiger charge is 2.09. The van der Waals surface area contributed by atoms with E-state index in [1.54, 1.807) is 30.5 Å². The van der Waals surface area contributed by atoms with Gasteiger partial charge in [-0.15, -0.1) is 0 Å². The molecule has 0 aliphatic heterocycles. The van der Waals surface area contributed by atoms with Gasteiger partial charge in [0.25, 0.3) is 5.91 Å². The number of carbonyl (C=O) groups is 1. The molecule has 0 unspecified atom stereocenters. The first-order chi connectivity index (χ1) is 8.58. The highest BCUT2D eigenvalue weighted by Crippen LogP contribution is 2.21. The number of nitrogens with one attached hydrogen (secondary N) is 1. The van der Waals surface area contributed by atoms with Crippen LogP contribution in [0.25, 0.3) is 0 Å². The highest BCUT2D eigenvalue weighted by atomic mass is 79.9. The van der Waals surface area contributed by atoms with Crippen LogP contribution in [0.3, 0.4) is 0 Å². The fourth-order valence-electron chi connectivity index (χ4n) is 1.41. The molecule has 1 heterocycles. The predicted octanol–water partition coefficient (Wildman–Crippen LogP) is 4.06. The van der Waals surface area contributed by atoms with Gasteiger partial charge in [0.15, 0.2) is 5.15 Å². The minimum Gasteiger partial charge on any atom is -0.319 e. The van der Waals surface area contributed by atoms with Crippen molar-refractivity contribution < 1.29 is 4.79 Å². The second kappa shape index (κ2) is 5.50. The van der Waals surface area contributed by atoms with Crippen LogP contribution in [0.5, 0.6) is 0 Å². The topological polar surface area (TPSA) is 42.0 Å². The molecule has 1 amide bonds. The monoisotopic (exact) mass is 324 g/mol. The molecule has 0 saturated carbocycles. The molecule has 0 bridgehead atoms. The highest BCUT2D eigenvalue weighted by molar-refractivity contribution is 9.10. The van der Waals surface area contributed by atoms with Crippen LogP contribution in [-0.2, 0) is 0 Å². The van der Waals surface area contributed by atoms with Crippen molar-refractivity contribution in [1.29, 1.82) is 0 Å². The summed E-state index contributed by atoms with van der Waals surface area (Å²) in [6.45, 7) is 1.96. The van der Waals surface area contributed by atoms with E-state index in [0.29, 0.717) is 11.3 Å². The predicted molar refractivity (Wildman–Crippen MR) is 76.1 cm³/mol. The van der Waals surface area contributed by atoms with Gasteiger partial charge < -0.3 is 5.32 Å².